The number of halogens is 1. The van der Waals surface area contributed by atoms with Crippen molar-refractivity contribution in [1.29, 1.82) is 0 Å². The maximum atomic E-state index is 13.0. The number of amides is 2. The Morgan fingerprint density at radius 3 is 2.28 bits per heavy atom. The Bertz CT molecular complexity index is 804. The second kappa shape index (κ2) is 10.7. The number of hydrogen-bond acceptors (Lipinski definition) is 3. The predicted molar refractivity (Wildman–Crippen MR) is 121 cm³/mol. The lowest BCUT2D eigenvalue weighted by Crippen LogP contribution is -2.53. The van der Waals surface area contributed by atoms with E-state index in [0.29, 0.717) is 18.0 Å². The summed E-state index contributed by atoms with van der Waals surface area (Å²) in [6.07, 6.45) is 0.700. The van der Waals surface area contributed by atoms with Crippen LogP contribution in [0.3, 0.4) is 0 Å². The van der Waals surface area contributed by atoms with Gasteiger partial charge in [0.2, 0.25) is 11.8 Å². The molecule has 6 heteroatoms. The molecule has 156 valence electrons. The molecule has 2 aromatic rings. The van der Waals surface area contributed by atoms with Crippen LogP contribution in [0.15, 0.2) is 59.5 Å². The molecule has 2 aromatic carbocycles. The van der Waals surface area contributed by atoms with Crippen LogP contribution in [-0.2, 0) is 16.0 Å². The van der Waals surface area contributed by atoms with Gasteiger partial charge < -0.3 is 10.2 Å². The monoisotopic (exact) mass is 432 g/mol. The smallest absolute Gasteiger partial charge is 0.242 e. The van der Waals surface area contributed by atoms with Gasteiger partial charge in [0.15, 0.2) is 0 Å². The molecule has 29 heavy (non-hydrogen) atoms. The summed E-state index contributed by atoms with van der Waals surface area (Å²) >= 11 is 7.37. The zero-order chi connectivity index (χ0) is 21.4. The van der Waals surface area contributed by atoms with Crippen LogP contribution in [0.1, 0.15) is 33.3 Å². The Balaban J connectivity index is 2.07. The zero-order valence-electron chi connectivity index (χ0n) is 17.4. The van der Waals surface area contributed by atoms with Gasteiger partial charge >= 0.3 is 0 Å². The molecule has 0 saturated carbocycles. The first-order chi connectivity index (χ1) is 13.7. The molecule has 0 aliphatic carbocycles. The number of carbonyl (C=O) groups excluding carboxylic acids is 2. The molecular weight excluding hydrogens is 404 g/mol. The number of carbonyl (C=O) groups is 2. The molecule has 2 amide bonds. The summed E-state index contributed by atoms with van der Waals surface area (Å²) in [6.45, 7) is 8.08. The van der Waals surface area contributed by atoms with E-state index in [2.05, 4.69) is 5.32 Å². The zero-order valence-corrected chi connectivity index (χ0v) is 19.0. The lowest BCUT2D eigenvalue weighted by atomic mass is 10.1. The normalized spacial score (nSPS) is 12.3. The average Bonchev–Trinajstić information content (AvgIpc) is 2.67. The highest BCUT2D eigenvalue weighted by Crippen LogP contribution is 2.21. The molecule has 1 N–H and O–H groups in total. The molecule has 0 aliphatic rings. The van der Waals surface area contributed by atoms with Crippen molar-refractivity contribution in [2.75, 3.05) is 12.3 Å². The molecule has 2 rings (SSSR count). The molecule has 0 heterocycles. The van der Waals surface area contributed by atoms with Crippen molar-refractivity contribution in [3.8, 4) is 0 Å². The summed E-state index contributed by atoms with van der Waals surface area (Å²) in [5.41, 5.74) is 0.788. The molecule has 4 nitrogen and oxygen atoms in total. The molecule has 0 saturated heterocycles. The van der Waals surface area contributed by atoms with E-state index in [4.69, 9.17) is 11.6 Å². The average molecular weight is 433 g/mol. The van der Waals surface area contributed by atoms with Gasteiger partial charge in [-0.05, 0) is 63.9 Å². The number of nitrogens with one attached hydrogen (secondary N) is 1. The summed E-state index contributed by atoms with van der Waals surface area (Å²) in [7, 11) is 0. The van der Waals surface area contributed by atoms with Crippen molar-refractivity contribution in [2.24, 2.45) is 0 Å². The second-order valence-corrected chi connectivity index (χ2v) is 9.47. The van der Waals surface area contributed by atoms with Crippen molar-refractivity contribution in [2.45, 2.75) is 50.6 Å². The van der Waals surface area contributed by atoms with Crippen molar-refractivity contribution in [3.05, 3.63) is 65.2 Å². The minimum Gasteiger partial charge on any atom is -0.350 e. The van der Waals surface area contributed by atoms with Gasteiger partial charge in [0.25, 0.3) is 0 Å². The maximum Gasteiger partial charge on any atom is 0.242 e. The highest BCUT2D eigenvalue weighted by Gasteiger charge is 2.28. The fourth-order valence-corrected chi connectivity index (χ4v) is 3.71. The van der Waals surface area contributed by atoms with Gasteiger partial charge in [-0.2, -0.15) is 0 Å². The number of thioether (sulfide) groups is 1. The molecule has 0 spiro atoms. The van der Waals surface area contributed by atoms with E-state index in [1.54, 1.807) is 24.0 Å². The van der Waals surface area contributed by atoms with Crippen molar-refractivity contribution in [1.82, 2.24) is 10.2 Å². The second-order valence-electron chi connectivity index (χ2n) is 7.98. The van der Waals surface area contributed by atoms with Gasteiger partial charge in [-0.15, -0.1) is 11.8 Å². The van der Waals surface area contributed by atoms with Gasteiger partial charge in [-0.1, -0.05) is 41.9 Å². The molecule has 0 radical (unpaired) electrons. The van der Waals surface area contributed by atoms with Crippen molar-refractivity contribution < 1.29 is 9.59 Å². The van der Waals surface area contributed by atoms with E-state index in [0.717, 1.165) is 10.5 Å². The van der Waals surface area contributed by atoms with Gasteiger partial charge in [-0.25, -0.2) is 0 Å². The fraction of sp³-hybridized carbons (Fsp3) is 0.391. The first-order valence-electron chi connectivity index (χ1n) is 9.69. The van der Waals surface area contributed by atoms with E-state index in [1.807, 2.05) is 63.2 Å². The quantitative estimate of drug-likeness (QED) is 0.609. The predicted octanol–water partition coefficient (Wildman–Crippen LogP) is 4.81. The van der Waals surface area contributed by atoms with Crippen LogP contribution in [0.4, 0.5) is 0 Å². The molecular formula is C23H29ClN2O2S. The summed E-state index contributed by atoms with van der Waals surface area (Å²) in [6, 6.07) is 16.8. The Labute approximate surface area is 183 Å². The van der Waals surface area contributed by atoms with E-state index in [-0.39, 0.29) is 23.1 Å². The third-order valence-electron chi connectivity index (χ3n) is 4.33. The summed E-state index contributed by atoms with van der Waals surface area (Å²) in [5, 5.41) is 3.64. The summed E-state index contributed by atoms with van der Waals surface area (Å²) < 4.78 is 0. The maximum absolute atomic E-state index is 13.0. The van der Waals surface area contributed by atoms with Gasteiger partial charge in [0, 0.05) is 22.0 Å². The van der Waals surface area contributed by atoms with E-state index < -0.39 is 6.04 Å². The van der Waals surface area contributed by atoms with Crippen LogP contribution in [0, 0.1) is 0 Å². The SMILES string of the molecule is C[C@H](C(=O)NC(C)(C)C)N(CCc1ccccc1)C(=O)CSc1ccc(Cl)cc1. The topological polar surface area (TPSA) is 49.4 Å². The molecule has 0 fully saturated rings. The first kappa shape index (κ1) is 23.3. The minimum absolute atomic E-state index is 0.0579. The Kier molecular flexibility index (Phi) is 8.60. The first-order valence-corrected chi connectivity index (χ1v) is 11.1. The Hall–Kier alpha value is -1.98. The largest absolute Gasteiger partial charge is 0.350 e. The Morgan fingerprint density at radius 1 is 1.07 bits per heavy atom. The Morgan fingerprint density at radius 2 is 1.69 bits per heavy atom. The number of nitrogens with zero attached hydrogens (tertiary/aromatic N) is 1. The number of benzene rings is 2. The van der Waals surface area contributed by atoms with Crippen LogP contribution in [0.25, 0.3) is 0 Å². The van der Waals surface area contributed by atoms with Crippen LogP contribution in [-0.4, -0.2) is 40.6 Å². The molecule has 1 atom stereocenters. The molecule has 0 aliphatic heterocycles. The third kappa shape index (κ3) is 8.11. The van der Waals surface area contributed by atoms with Crippen molar-refractivity contribution >= 4 is 35.2 Å². The highest BCUT2D eigenvalue weighted by atomic mass is 35.5. The van der Waals surface area contributed by atoms with Gasteiger partial charge in [0.1, 0.15) is 6.04 Å². The van der Waals surface area contributed by atoms with Crippen LogP contribution in [0.2, 0.25) is 5.02 Å². The number of hydrogen-bond donors (Lipinski definition) is 1. The van der Waals surface area contributed by atoms with Crippen LogP contribution < -0.4 is 5.32 Å². The van der Waals surface area contributed by atoms with Gasteiger partial charge in [0.05, 0.1) is 5.75 Å². The minimum atomic E-state index is -0.545. The van der Waals surface area contributed by atoms with E-state index >= 15 is 0 Å². The third-order valence-corrected chi connectivity index (χ3v) is 5.57. The van der Waals surface area contributed by atoms with Crippen molar-refractivity contribution in [3.63, 3.8) is 0 Å². The molecule has 0 bridgehead atoms. The van der Waals surface area contributed by atoms with Crippen LogP contribution in [0.5, 0.6) is 0 Å². The fourth-order valence-electron chi connectivity index (χ4n) is 2.80. The standard InChI is InChI=1S/C23H29ClN2O2S/c1-17(22(28)25-23(2,3)4)26(15-14-18-8-6-5-7-9-18)21(27)16-29-20-12-10-19(24)11-13-20/h5-13,17H,14-16H2,1-4H3,(H,25,28)/t17-/m1/s1. The summed E-state index contributed by atoms with van der Waals surface area (Å²) in [4.78, 5) is 28.4. The molecule has 0 unspecified atom stereocenters. The lowest BCUT2D eigenvalue weighted by molar-refractivity contribution is -0.138. The summed E-state index contributed by atoms with van der Waals surface area (Å²) in [5.74, 6) is 0.0664. The van der Waals surface area contributed by atoms with E-state index in [9.17, 15) is 9.59 Å². The number of rotatable bonds is 8. The lowest BCUT2D eigenvalue weighted by Gasteiger charge is -2.31. The molecule has 0 aromatic heterocycles. The highest BCUT2D eigenvalue weighted by molar-refractivity contribution is 8.00. The van der Waals surface area contributed by atoms with E-state index in [1.165, 1.54) is 11.8 Å². The van der Waals surface area contributed by atoms with Crippen LogP contribution >= 0.6 is 23.4 Å². The van der Waals surface area contributed by atoms with Gasteiger partial charge in [-0.3, -0.25) is 9.59 Å².